The molecule has 12 heteroatoms. The van der Waals surface area contributed by atoms with E-state index < -0.39 is 35.7 Å². The Bertz CT molecular complexity index is 351. The number of hydrogen-bond donors (Lipinski definition) is 0. The van der Waals surface area contributed by atoms with Gasteiger partial charge in [-0.1, -0.05) is 0 Å². The molecule has 0 spiro atoms. The van der Waals surface area contributed by atoms with E-state index in [2.05, 4.69) is 0 Å². The molecule has 2 unspecified atom stereocenters. The molecule has 1 aliphatic carbocycles. The van der Waals surface area contributed by atoms with Gasteiger partial charge in [-0.25, -0.2) is 8.78 Å². The molecule has 0 amide bonds. The van der Waals surface area contributed by atoms with Crippen LogP contribution in [0.5, 0.6) is 0 Å². The van der Waals surface area contributed by atoms with Gasteiger partial charge in [0.15, 0.2) is 0 Å². The van der Waals surface area contributed by atoms with Crippen molar-refractivity contribution >= 4 is 0 Å². The zero-order valence-corrected chi connectivity index (χ0v) is 7.64. The third kappa shape index (κ3) is 1.21. The van der Waals surface area contributed by atoms with Crippen LogP contribution in [0.2, 0.25) is 0 Å². The summed E-state index contributed by atoms with van der Waals surface area (Å²) in [6.07, 6.45) is -11.9. The molecular formula is C6HF11O. The molecule has 0 aromatic carbocycles. The molecule has 0 bridgehead atoms. The van der Waals surface area contributed by atoms with Gasteiger partial charge in [-0.3, -0.25) is 0 Å². The Hall–Kier alpha value is -0.810. The molecule has 1 aliphatic rings. The highest BCUT2D eigenvalue weighted by Crippen LogP contribution is 2.67. The summed E-state index contributed by atoms with van der Waals surface area (Å²) in [6.45, 7) is 0. The normalized spacial score (nSPS) is 37.8. The first-order valence-corrected chi connectivity index (χ1v) is 3.85. The highest BCUT2D eigenvalue weighted by atomic mass is 19.4. The lowest BCUT2D eigenvalue weighted by molar-refractivity contribution is -0.435. The molecule has 0 radical (unpaired) electrons. The summed E-state index contributed by atoms with van der Waals surface area (Å²) in [7, 11) is 0. The molecule has 1 nitrogen and oxygen atoms in total. The summed E-state index contributed by atoms with van der Waals surface area (Å²) in [5.41, 5.74) is -6.57. The fourth-order valence-corrected chi connectivity index (χ4v) is 1.39. The van der Waals surface area contributed by atoms with Crippen LogP contribution in [0, 0.1) is 0 Å². The number of halogens is 11. The van der Waals surface area contributed by atoms with Crippen LogP contribution in [0.3, 0.4) is 0 Å². The minimum Gasteiger partial charge on any atom is -0.236 e. The van der Waals surface area contributed by atoms with E-state index >= 15 is 0 Å². The standard InChI is InChI=1S/C6HF11O/c7-1-2(8,6(15,16)18-17)4(11,12)5(13,14)3(1,9)10/h1H. The van der Waals surface area contributed by atoms with Crippen LogP contribution in [-0.4, -0.2) is 35.7 Å². The Kier molecular flexibility index (Phi) is 2.87. The van der Waals surface area contributed by atoms with Gasteiger partial charge < -0.3 is 0 Å². The predicted octanol–water partition coefficient (Wildman–Crippen LogP) is 3.45. The average Bonchev–Trinajstić information content (AvgIpc) is 2.30. The second-order valence-electron chi connectivity index (χ2n) is 3.44. The molecule has 0 aromatic heterocycles. The van der Waals surface area contributed by atoms with Crippen molar-refractivity contribution in [3.8, 4) is 0 Å². The minimum atomic E-state index is -6.90. The monoisotopic (exact) mass is 298 g/mol. The van der Waals surface area contributed by atoms with Crippen molar-refractivity contribution in [3.05, 3.63) is 0 Å². The van der Waals surface area contributed by atoms with Crippen LogP contribution in [-0.2, 0) is 4.94 Å². The second kappa shape index (κ2) is 3.39. The Morgan fingerprint density at radius 3 is 1.44 bits per heavy atom. The highest BCUT2D eigenvalue weighted by Gasteiger charge is 2.99. The van der Waals surface area contributed by atoms with E-state index in [1.54, 1.807) is 0 Å². The smallest absolute Gasteiger partial charge is 0.236 e. The van der Waals surface area contributed by atoms with E-state index in [0.717, 1.165) is 0 Å². The van der Waals surface area contributed by atoms with E-state index in [9.17, 15) is 48.4 Å². The third-order valence-electron chi connectivity index (χ3n) is 2.46. The summed E-state index contributed by atoms with van der Waals surface area (Å²) in [5, 5.41) is 0. The van der Waals surface area contributed by atoms with E-state index in [4.69, 9.17) is 0 Å². The Labute approximate surface area is 90.4 Å². The summed E-state index contributed by atoms with van der Waals surface area (Å²) in [4.78, 5) is 1.32. The van der Waals surface area contributed by atoms with Crippen LogP contribution >= 0.6 is 0 Å². The molecule has 108 valence electrons. The Balaban J connectivity index is 3.57. The van der Waals surface area contributed by atoms with Gasteiger partial charge in [0, 0.05) is 0 Å². The predicted molar refractivity (Wildman–Crippen MR) is 30.7 cm³/mol. The quantitative estimate of drug-likeness (QED) is 0.710. The van der Waals surface area contributed by atoms with Crippen molar-refractivity contribution < 1.29 is 53.4 Å². The van der Waals surface area contributed by atoms with Gasteiger partial charge in [-0.15, -0.1) is 4.94 Å². The lowest BCUT2D eigenvalue weighted by Crippen LogP contribution is -2.62. The Morgan fingerprint density at radius 2 is 1.22 bits per heavy atom. The molecule has 1 rings (SSSR count). The Morgan fingerprint density at radius 1 is 0.833 bits per heavy atom. The largest absolute Gasteiger partial charge is 0.428 e. The lowest BCUT2D eigenvalue weighted by Gasteiger charge is -2.32. The van der Waals surface area contributed by atoms with Crippen molar-refractivity contribution in [2.24, 2.45) is 0 Å². The molecule has 2 atom stereocenters. The molecule has 0 heterocycles. The van der Waals surface area contributed by atoms with Crippen molar-refractivity contribution in [1.29, 1.82) is 0 Å². The number of hydrogen-bond acceptors (Lipinski definition) is 1. The first kappa shape index (κ1) is 15.2. The van der Waals surface area contributed by atoms with Crippen LogP contribution in [0.25, 0.3) is 0 Å². The summed E-state index contributed by atoms with van der Waals surface area (Å²) >= 11 is 0. The summed E-state index contributed by atoms with van der Waals surface area (Å²) < 4.78 is 136. The van der Waals surface area contributed by atoms with Crippen molar-refractivity contribution in [1.82, 2.24) is 0 Å². The van der Waals surface area contributed by atoms with Gasteiger partial charge in [-0.05, 0) is 4.53 Å². The maximum Gasteiger partial charge on any atom is 0.428 e. The maximum atomic E-state index is 13.1. The second-order valence-corrected chi connectivity index (χ2v) is 3.44. The molecule has 18 heavy (non-hydrogen) atoms. The average molecular weight is 298 g/mol. The SMILES string of the molecule is FOC(F)(F)C1(F)C(F)C(F)(F)C(F)(F)C1(F)F. The topological polar surface area (TPSA) is 9.23 Å². The van der Waals surface area contributed by atoms with Gasteiger partial charge in [0.05, 0.1) is 0 Å². The van der Waals surface area contributed by atoms with Crippen molar-refractivity contribution in [2.45, 2.75) is 35.7 Å². The molecule has 1 fully saturated rings. The van der Waals surface area contributed by atoms with Crippen molar-refractivity contribution in [3.63, 3.8) is 0 Å². The van der Waals surface area contributed by atoms with Gasteiger partial charge in [0.2, 0.25) is 6.17 Å². The van der Waals surface area contributed by atoms with Gasteiger partial charge in [0.1, 0.15) is 0 Å². The van der Waals surface area contributed by atoms with Crippen LogP contribution in [0.4, 0.5) is 48.4 Å². The van der Waals surface area contributed by atoms with Crippen LogP contribution in [0.15, 0.2) is 0 Å². The highest BCUT2D eigenvalue weighted by molar-refractivity contribution is 5.25. The zero-order valence-electron chi connectivity index (χ0n) is 7.64. The molecule has 1 saturated carbocycles. The molecular weight excluding hydrogens is 297 g/mol. The van der Waals surface area contributed by atoms with E-state index in [-0.39, 0.29) is 0 Å². The zero-order chi connectivity index (χ0) is 14.8. The lowest BCUT2D eigenvalue weighted by atomic mass is 9.97. The summed E-state index contributed by atoms with van der Waals surface area (Å²) in [5.74, 6) is -20.2. The van der Waals surface area contributed by atoms with E-state index in [0.29, 0.717) is 0 Å². The van der Waals surface area contributed by atoms with Crippen LogP contribution < -0.4 is 0 Å². The molecule has 0 aromatic rings. The third-order valence-corrected chi connectivity index (χ3v) is 2.46. The van der Waals surface area contributed by atoms with Crippen LogP contribution in [0.1, 0.15) is 0 Å². The first-order chi connectivity index (χ1) is 7.72. The fourth-order valence-electron chi connectivity index (χ4n) is 1.39. The molecule has 0 N–H and O–H groups in total. The van der Waals surface area contributed by atoms with Crippen molar-refractivity contribution in [2.75, 3.05) is 0 Å². The molecule has 0 saturated heterocycles. The summed E-state index contributed by atoms with van der Waals surface area (Å²) in [6, 6.07) is 0. The number of alkyl halides is 10. The number of rotatable bonds is 2. The van der Waals surface area contributed by atoms with Gasteiger partial charge >= 0.3 is 29.5 Å². The van der Waals surface area contributed by atoms with Gasteiger partial charge in [0.25, 0.3) is 0 Å². The van der Waals surface area contributed by atoms with E-state index in [1.807, 2.05) is 0 Å². The fraction of sp³-hybridized carbons (Fsp3) is 1.00. The molecule has 0 aliphatic heterocycles. The van der Waals surface area contributed by atoms with E-state index in [1.165, 1.54) is 4.94 Å². The maximum absolute atomic E-state index is 13.1. The first-order valence-electron chi connectivity index (χ1n) is 3.85. The van der Waals surface area contributed by atoms with Gasteiger partial charge in [-0.2, -0.15) is 35.1 Å². The minimum absolute atomic E-state index is 1.32.